The number of hydrogen-bond donors (Lipinski definition) is 0. The molecule has 0 N–H and O–H groups in total. The lowest BCUT2D eigenvalue weighted by Crippen LogP contribution is -2.06. The summed E-state index contributed by atoms with van der Waals surface area (Å²) in [6.45, 7) is 5.17. The fourth-order valence-corrected chi connectivity index (χ4v) is 1.59. The Kier molecular flexibility index (Phi) is 2.75. The first-order valence-corrected chi connectivity index (χ1v) is 5.90. The highest BCUT2D eigenvalue weighted by Gasteiger charge is 2.14. The predicted octanol–water partition coefficient (Wildman–Crippen LogP) is 1.23. The topological polar surface area (TPSA) is 60.2 Å². The van der Waals surface area contributed by atoms with Gasteiger partial charge in [-0.1, -0.05) is 6.92 Å². The van der Waals surface area contributed by atoms with E-state index in [0.717, 1.165) is 5.69 Å². The molecule has 1 aromatic rings. The van der Waals surface area contributed by atoms with Crippen LogP contribution in [0.4, 0.5) is 0 Å². The van der Waals surface area contributed by atoms with Crippen molar-refractivity contribution in [1.82, 2.24) is 4.98 Å². The van der Waals surface area contributed by atoms with E-state index in [2.05, 4.69) is 4.98 Å². The van der Waals surface area contributed by atoms with Gasteiger partial charge < -0.3 is 4.42 Å². The number of aromatic nitrogens is 1. The first-order chi connectivity index (χ1) is 5.94. The quantitative estimate of drug-likeness (QED) is 0.741. The van der Waals surface area contributed by atoms with Crippen LogP contribution in [0.15, 0.2) is 4.42 Å². The summed E-state index contributed by atoms with van der Waals surface area (Å²) < 4.78 is 27.5. The van der Waals surface area contributed by atoms with Gasteiger partial charge in [0.15, 0.2) is 9.84 Å². The van der Waals surface area contributed by atoms with Crippen molar-refractivity contribution in [3.63, 3.8) is 0 Å². The molecule has 1 aromatic heterocycles. The third-order valence-electron chi connectivity index (χ3n) is 1.86. The Morgan fingerprint density at radius 1 is 1.38 bits per heavy atom. The molecule has 0 radical (unpaired) electrons. The van der Waals surface area contributed by atoms with E-state index in [1.807, 2.05) is 0 Å². The van der Waals surface area contributed by atoms with Gasteiger partial charge in [-0.25, -0.2) is 13.4 Å². The Balaban J connectivity index is 2.87. The molecule has 0 atom stereocenters. The third kappa shape index (κ3) is 2.55. The van der Waals surface area contributed by atoms with Crippen LogP contribution in [0.2, 0.25) is 0 Å². The van der Waals surface area contributed by atoms with Crippen molar-refractivity contribution in [2.75, 3.05) is 5.75 Å². The number of aryl methyl sites for hydroxylation is 2. The molecule has 0 aliphatic heterocycles. The molecule has 0 amide bonds. The van der Waals surface area contributed by atoms with E-state index in [-0.39, 0.29) is 17.4 Å². The molecule has 0 aliphatic rings. The van der Waals surface area contributed by atoms with E-state index in [9.17, 15) is 8.42 Å². The lowest BCUT2D eigenvalue weighted by atomic mass is 10.4. The third-order valence-corrected chi connectivity index (χ3v) is 3.42. The van der Waals surface area contributed by atoms with E-state index in [1.165, 1.54) is 0 Å². The Bertz CT molecular complexity index is 372. The van der Waals surface area contributed by atoms with Gasteiger partial charge in [0.2, 0.25) is 5.89 Å². The van der Waals surface area contributed by atoms with E-state index >= 15 is 0 Å². The summed E-state index contributed by atoms with van der Waals surface area (Å²) in [7, 11) is -3.03. The van der Waals surface area contributed by atoms with Crippen molar-refractivity contribution in [3.05, 3.63) is 17.3 Å². The smallest absolute Gasteiger partial charge is 0.209 e. The van der Waals surface area contributed by atoms with E-state index < -0.39 is 9.84 Å². The monoisotopic (exact) mass is 203 g/mol. The second-order valence-electron chi connectivity index (χ2n) is 2.93. The van der Waals surface area contributed by atoms with Gasteiger partial charge in [0.05, 0.1) is 5.69 Å². The van der Waals surface area contributed by atoms with Crippen LogP contribution in [0.1, 0.15) is 24.3 Å². The zero-order valence-electron chi connectivity index (χ0n) is 7.99. The van der Waals surface area contributed by atoms with Crippen LogP contribution in [-0.2, 0) is 15.6 Å². The Hall–Kier alpha value is -0.840. The summed E-state index contributed by atoms with van der Waals surface area (Å²) in [5.41, 5.74) is 0.751. The molecule has 0 aromatic carbocycles. The molecule has 4 nitrogen and oxygen atoms in total. The summed E-state index contributed by atoms with van der Waals surface area (Å²) in [5.74, 6) is 0.990. The maximum absolute atomic E-state index is 11.2. The van der Waals surface area contributed by atoms with Gasteiger partial charge in [0, 0.05) is 5.75 Å². The normalized spacial score (nSPS) is 11.9. The average Bonchev–Trinajstić information content (AvgIpc) is 2.30. The van der Waals surface area contributed by atoms with Crippen LogP contribution in [0.3, 0.4) is 0 Å². The van der Waals surface area contributed by atoms with Gasteiger partial charge in [0.1, 0.15) is 11.5 Å². The molecule has 0 aliphatic carbocycles. The minimum atomic E-state index is -3.03. The standard InChI is InChI=1S/C8H13NO3S/c1-4-13(10,11)5-8-9-6(2)7(3)12-8/h4-5H2,1-3H3. The molecule has 74 valence electrons. The maximum atomic E-state index is 11.2. The van der Waals surface area contributed by atoms with Crippen molar-refractivity contribution >= 4 is 9.84 Å². The number of nitrogens with zero attached hydrogens (tertiary/aromatic N) is 1. The number of hydrogen-bond acceptors (Lipinski definition) is 4. The predicted molar refractivity (Wildman–Crippen MR) is 49.1 cm³/mol. The summed E-state index contributed by atoms with van der Waals surface area (Å²) in [6.07, 6.45) is 0. The van der Waals surface area contributed by atoms with E-state index in [1.54, 1.807) is 20.8 Å². The Morgan fingerprint density at radius 2 is 2.00 bits per heavy atom. The molecule has 0 unspecified atom stereocenters. The summed E-state index contributed by atoms with van der Waals surface area (Å²) in [6, 6.07) is 0. The molecule has 0 bridgehead atoms. The summed E-state index contributed by atoms with van der Waals surface area (Å²) in [4.78, 5) is 4.00. The number of rotatable bonds is 3. The van der Waals surface area contributed by atoms with Gasteiger partial charge in [-0.2, -0.15) is 0 Å². The highest BCUT2D eigenvalue weighted by atomic mass is 32.2. The highest BCUT2D eigenvalue weighted by molar-refractivity contribution is 7.90. The number of sulfone groups is 1. The second kappa shape index (κ2) is 3.49. The molecular formula is C8H13NO3S. The maximum Gasteiger partial charge on any atom is 0.209 e. The molecular weight excluding hydrogens is 190 g/mol. The SMILES string of the molecule is CCS(=O)(=O)Cc1nc(C)c(C)o1. The van der Waals surface area contributed by atoms with Crippen LogP contribution in [-0.4, -0.2) is 19.2 Å². The molecule has 0 saturated carbocycles. The lowest BCUT2D eigenvalue weighted by Gasteiger charge is -1.94. The van der Waals surface area contributed by atoms with Gasteiger partial charge in [-0.15, -0.1) is 0 Å². The highest BCUT2D eigenvalue weighted by Crippen LogP contribution is 2.11. The molecule has 1 rings (SSSR count). The average molecular weight is 203 g/mol. The summed E-state index contributed by atoms with van der Waals surface area (Å²) in [5, 5.41) is 0. The van der Waals surface area contributed by atoms with Crippen molar-refractivity contribution in [2.24, 2.45) is 0 Å². The van der Waals surface area contributed by atoms with Gasteiger partial charge >= 0.3 is 0 Å². The molecule has 0 spiro atoms. The van der Waals surface area contributed by atoms with Crippen molar-refractivity contribution < 1.29 is 12.8 Å². The molecule has 0 fully saturated rings. The zero-order chi connectivity index (χ0) is 10.1. The Labute approximate surface area is 77.9 Å². The van der Waals surface area contributed by atoms with E-state index in [0.29, 0.717) is 5.76 Å². The number of oxazole rings is 1. The lowest BCUT2D eigenvalue weighted by molar-refractivity contribution is 0.483. The van der Waals surface area contributed by atoms with Gasteiger partial charge in [-0.3, -0.25) is 0 Å². The van der Waals surface area contributed by atoms with Gasteiger partial charge in [0.25, 0.3) is 0 Å². The van der Waals surface area contributed by atoms with Crippen molar-refractivity contribution in [3.8, 4) is 0 Å². The van der Waals surface area contributed by atoms with Crippen LogP contribution in [0.25, 0.3) is 0 Å². The van der Waals surface area contributed by atoms with Crippen LogP contribution in [0.5, 0.6) is 0 Å². The van der Waals surface area contributed by atoms with Crippen LogP contribution < -0.4 is 0 Å². The van der Waals surface area contributed by atoms with Crippen molar-refractivity contribution in [2.45, 2.75) is 26.5 Å². The fraction of sp³-hybridized carbons (Fsp3) is 0.625. The second-order valence-corrected chi connectivity index (χ2v) is 5.28. The largest absolute Gasteiger partial charge is 0.445 e. The fourth-order valence-electron chi connectivity index (χ4n) is 0.891. The molecule has 0 saturated heterocycles. The summed E-state index contributed by atoms with van der Waals surface area (Å²) >= 11 is 0. The Morgan fingerprint density at radius 3 is 2.38 bits per heavy atom. The first-order valence-electron chi connectivity index (χ1n) is 4.08. The molecule has 5 heteroatoms. The minimum Gasteiger partial charge on any atom is -0.445 e. The van der Waals surface area contributed by atoms with Gasteiger partial charge in [-0.05, 0) is 13.8 Å². The molecule has 13 heavy (non-hydrogen) atoms. The molecule has 1 heterocycles. The minimum absolute atomic E-state index is 0.0990. The van der Waals surface area contributed by atoms with Crippen LogP contribution in [0, 0.1) is 13.8 Å². The van der Waals surface area contributed by atoms with E-state index in [4.69, 9.17) is 4.42 Å². The van der Waals surface area contributed by atoms with Crippen LogP contribution >= 0.6 is 0 Å². The zero-order valence-corrected chi connectivity index (χ0v) is 8.81. The first kappa shape index (κ1) is 10.2. The van der Waals surface area contributed by atoms with Crippen molar-refractivity contribution in [1.29, 1.82) is 0 Å².